The number of aryl methyl sites for hydroxylation is 2. The highest BCUT2D eigenvalue weighted by Crippen LogP contribution is 2.24. The predicted octanol–water partition coefficient (Wildman–Crippen LogP) is 3.96. The van der Waals surface area contributed by atoms with Gasteiger partial charge in [-0.2, -0.15) is 0 Å². The van der Waals surface area contributed by atoms with E-state index >= 15 is 0 Å². The van der Waals surface area contributed by atoms with Crippen LogP contribution in [0.2, 0.25) is 0 Å². The maximum atomic E-state index is 13.7. The lowest BCUT2D eigenvalue weighted by Gasteiger charge is -2.15. The Balaban J connectivity index is 2.30. The van der Waals surface area contributed by atoms with Gasteiger partial charge in [-0.1, -0.05) is 29.3 Å². The van der Waals surface area contributed by atoms with Crippen LogP contribution in [0.15, 0.2) is 30.3 Å². The van der Waals surface area contributed by atoms with E-state index in [9.17, 15) is 13.2 Å². The van der Waals surface area contributed by atoms with Gasteiger partial charge in [0.2, 0.25) is 0 Å². The van der Waals surface area contributed by atoms with Crippen LogP contribution in [0.5, 0.6) is 0 Å². The molecule has 0 aliphatic carbocycles. The third-order valence-electron chi connectivity index (χ3n) is 3.15. The number of halogens is 3. The zero-order valence-electron chi connectivity index (χ0n) is 11.4. The predicted molar refractivity (Wildman–Crippen MR) is 72.9 cm³/mol. The maximum absolute atomic E-state index is 13.7. The average Bonchev–Trinajstić information content (AvgIpc) is 2.25. The van der Waals surface area contributed by atoms with E-state index < -0.39 is 23.5 Å². The Labute approximate surface area is 116 Å². The van der Waals surface area contributed by atoms with Gasteiger partial charge in [0.15, 0.2) is 0 Å². The highest BCUT2D eigenvalue weighted by atomic mass is 19.1. The smallest absolute Gasteiger partial charge is 0.133 e. The third-order valence-corrected chi connectivity index (χ3v) is 3.15. The zero-order valence-corrected chi connectivity index (χ0v) is 11.4. The lowest BCUT2D eigenvalue weighted by Crippen LogP contribution is -2.17. The zero-order chi connectivity index (χ0) is 14.9. The first-order valence-corrected chi connectivity index (χ1v) is 6.34. The summed E-state index contributed by atoms with van der Waals surface area (Å²) < 4.78 is 40.2. The molecular weight excluding hydrogens is 263 g/mol. The minimum Gasteiger partial charge on any atom is -0.323 e. The van der Waals surface area contributed by atoms with Crippen molar-refractivity contribution < 1.29 is 13.2 Å². The lowest BCUT2D eigenvalue weighted by atomic mass is 9.96. The highest BCUT2D eigenvalue weighted by molar-refractivity contribution is 5.31. The summed E-state index contributed by atoms with van der Waals surface area (Å²) in [5, 5.41) is 0. The molecule has 2 N–H and O–H groups in total. The van der Waals surface area contributed by atoms with E-state index in [4.69, 9.17) is 5.73 Å². The van der Waals surface area contributed by atoms with Gasteiger partial charge in [0.25, 0.3) is 0 Å². The molecule has 0 heterocycles. The number of hydrogen-bond acceptors (Lipinski definition) is 1. The van der Waals surface area contributed by atoms with Gasteiger partial charge in [0.1, 0.15) is 17.5 Å². The first-order valence-electron chi connectivity index (χ1n) is 6.34. The maximum Gasteiger partial charge on any atom is 0.133 e. The van der Waals surface area contributed by atoms with E-state index in [1.165, 1.54) is 0 Å². The molecular formula is C16H16F3N. The normalized spacial score (nSPS) is 12.5. The fraction of sp³-hybridized carbons (Fsp3) is 0.250. The molecule has 0 saturated heterocycles. The second-order valence-corrected chi connectivity index (χ2v) is 5.09. The van der Waals surface area contributed by atoms with E-state index in [1.54, 1.807) is 0 Å². The largest absolute Gasteiger partial charge is 0.323 e. The summed E-state index contributed by atoms with van der Waals surface area (Å²) in [6.45, 7) is 3.89. The van der Waals surface area contributed by atoms with E-state index in [-0.39, 0.29) is 5.56 Å². The second kappa shape index (κ2) is 5.67. The molecule has 4 heteroatoms. The molecule has 1 nitrogen and oxygen atoms in total. The summed E-state index contributed by atoms with van der Waals surface area (Å²) in [6.07, 6.45) is 0.294. The van der Waals surface area contributed by atoms with Crippen LogP contribution >= 0.6 is 0 Å². The minimum atomic E-state index is -0.945. The summed E-state index contributed by atoms with van der Waals surface area (Å²) in [5.74, 6) is -2.83. The van der Waals surface area contributed by atoms with Crippen molar-refractivity contribution in [2.24, 2.45) is 5.73 Å². The number of nitrogens with two attached hydrogens (primary N) is 1. The third kappa shape index (κ3) is 3.20. The molecule has 106 valence electrons. The van der Waals surface area contributed by atoms with Crippen molar-refractivity contribution in [3.05, 3.63) is 70.0 Å². The van der Waals surface area contributed by atoms with Gasteiger partial charge in [0, 0.05) is 23.7 Å². The van der Waals surface area contributed by atoms with Crippen molar-refractivity contribution in [3.63, 3.8) is 0 Å². The first kappa shape index (κ1) is 14.6. The van der Waals surface area contributed by atoms with Crippen molar-refractivity contribution >= 4 is 0 Å². The van der Waals surface area contributed by atoms with Gasteiger partial charge < -0.3 is 5.73 Å². The SMILES string of the molecule is Cc1cc(C)cc(CC(N)c2c(F)cc(F)cc2F)c1. The molecule has 0 bridgehead atoms. The molecule has 0 radical (unpaired) electrons. The molecule has 0 aliphatic heterocycles. The van der Waals surface area contributed by atoms with Gasteiger partial charge in [0.05, 0.1) is 0 Å². The van der Waals surface area contributed by atoms with Gasteiger partial charge in [-0.25, -0.2) is 13.2 Å². The Kier molecular flexibility index (Phi) is 4.14. The molecule has 0 amide bonds. The lowest BCUT2D eigenvalue weighted by molar-refractivity contribution is 0.501. The summed E-state index contributed by atoms with van der Waals surface area (Å²) in [4.78, 5) is 0. The molecule has 2 aromatic carbocycles. The van der Waals surface area contributed by atoms with E-state index in [2.05, 4.69) is 0 Å². The second-order valence-electron chi connectivity index (χ2n) is 5.09. The summed E-state index contributed by atoms with van der Waals surface area (Å²) in [6, 6.07) is 6.31. The summed E-state index contributed by atoms with van der Waals surface area (Å²) in [7, 11) is 0. The Bertz CT molecular complexity index is 594. The van der Waals surface area contributed by atoms with Crippen molar-refractivity contribution in [2.45, 2.75) is 26.3 Å². The quantitative estimate of drug-likeness (QED) is 0.904. The molecule has 1 unspecified atom stereocenters. The highest BCUT2D eigenvalue weighted by Gasteiger charge is 2.18. The fourth-order valence-corrected chi connectivity index (χ4v) is 2.45. The number of rotatable bonds is 3. The number of benzene rings is 2. The van der Waals surface area contributed by atoms with Gasteiger partial charge >= 0.3 is 0 Å². The van der Waals surface area contributed by atoms with Crippen molar-refractivity contribution in [1.82, 2.24) is 0 Å². The van der Waals surface area contributed by atoms with Gasteiger partial charge in [-0.05, 0) is 25.8 Å². The Morgan fingerprint density at radius 1 is 0.900 bits per heavy atom. The minimum absolute atomic E-state index is 0.273. The first-order chi connectivity index (χ1) is 9.36. The Morgan fingerprint density at radius 3 is 1.90 bits per heavy atom. The van der Waals surface area contributed by atoms with Crippen LogP contribution in [0.3, 0.4) is 0 Å². The van der Waals surface area contributed by atoms with Crippen LogP contribution in [0.4, 0.5) is 13.2 Å². The van der Waals surface area contributed by atoms with Crippen molar-refractivity contribution in [3.8, 4) is 0 Å². The van der Waals surface area contributed by atoms with Crippen LogP contribution in [0, 0.1) is 31.3 Å². The monoisotopic (exact) mass is 279 g/mol. The molecule has 0 fully saturated rings. The molecule has 1 atom stereocenters. The summed E-state index contributed by atoms with van der Waals surface area (Å²) in [5.41, 5.74) is 8.63. The van der Waals surface area contributed by atoms with Crippen LogP contribution in [-0.4, -0.2) is 0 Å². The van der Waals surface area contributed by atoms with Crippen LogP contribution < -0.4 is 5.73 Å². The number of hydrogen-bond donors (Lipinski definition) is 1. The van der Waals surface area contributed by atoms with Gasteiger partial charge in [-0.15, -0.1) is 0 Å². The van der Waals surface area contributed by atoms with Gasteiger partial charge in [-0.3, -0.25) is 0 Å². The molecule has 0 saturated carbocycles. The molecule has 0 aliphatic rings. The molecule has 0 spiro atoms. The fourth-order valence-electron chi connectivity index (χ4n) is 2.45. The van der Waals surface area contributed by atoms with E-state index in [1.807, 2.05) is 32.0 Å². The van der Waals surface area contributed by atoms with Crippen LogP contribution in [-0.2, 0) is 6.42 Å². The van der Waals surface area contributed by atoms with Crippen LogP contribution in [0.1, 0.15) is 28.3 Å². The van der Waals surface area contributed by atoms with E-state index in [0.29, 0.717) is 18.6 Å². The topological polar surface area (TPSA) is 26.0 Å². The molecule has 2 rings (SSSR count). The summed E-state index contributed by atoms with van der Waals surface area (Å²) >= 11 is 0. The molecule has 0 aromatic heterocycles. The Morgan fingerprint density at radius 2 is 1.40 bits per heavy atom. The van der Waals surface area contributed by atoms with Crippen LogP contribution in [0.25, 0.3) is 0 Å². The van der Waals surface area contributed by atoms with E-state index in [0.717, 1.165) is 16.7 Å². The molecule has 2 aromatic rings. The molecule has 20 heavy (non-hydrogen) atoms. The van der Waals surface area contributed by atoms with Crippen molar-refractivity contribution in [1.29, 1.82) is 0 Å². The average molecular weight is 279 g/mol. The standard InChI is InChI=1S/C16H16F3N/c1-9-3-10(2)5-11(4-9)6-15(20)16-13(18)7-12(17)8-14(16)19/h3-5,7-8,15H,6,20H2,1-2H3. The Hall–Kier alpha value is -1.81. The van der Waals surface area contributed by atoms with Crippen molar-refractivity contribution in [2.75, 3.05) is 0 Å².